The fourth-order valence-corrected chi connectivity index (χ4v) is 2.29. The Labute approximate surface area is 134 Å². The third-order valence-corrected chi connectivity index (χ3v) is 3.49. The molecule has 0 amide bonds. The minimum absolute atomic E-state index is 0.114. The van der Waals surface area contributed by atoms with Crippen LogP contribution in [0.2, 0.25) is 10.0 Å². The Hall–Kier alpha value is -1.77. The number of hydrogen-bond acceptors (Lipinski definition) is 2. The molecule has 2 rings (SSSR count). The van der Waals surface area contributed by atoms with E-state index in [1.54, 1.807) is 42.6 Å². The number of hydrogen-bond donors (Lipinski definition) is 0. The zero-order valence-electron chi connectivity index (χ0n) is 11.8. The second-order valence-electron chi connectivity index (χ2n) is 4.82. The van der Waals surface area contributed by atoms with E-state index >= 15 is 0 Å². The highest BCUT2D eigenvalue weighted by molar-refractivity contribution is 6.39. The summed E-state index contributed by atoms with van der Waals surface area (Å²) in [7, 11) is 3.74. The number of allylic oxidation sites excluding steroid dienone is 1. The largest absolute Gasteiger partial charge is 0.383 e. The molecule has 0 heterocycles. The van der Waals surface area contributed by atoms with Gasteiger partial charge in [0.2, 0.25) is 0 Å². The topological polar surface area (TPSA) is 20.3 Å². The maximum atomic E-state index is 12.8. The Bertz CT molecular complexity index is 675. The van der Waals surface area contributed by atoms with Gasteiger partial charge in [0.05, 0.1) is 5.02 Å². The molecular formula is C17H15Cl2NO. The lowest BCUT2D eigenvalue weighted by Gasteiger charge is -2.12. The number of ketones is 1. The lowest BCUT2D eigenvalue weighted by molar-refractivity contribution is 0.105. The summed E-state index contributed by atoms with van der Waals surface area (Å²) in [6.07, 6.45) is 1.79. The Kier molecular flexibility index (Phi) is 5.05. The molecule has 21 heavy (non-hydrogen) atoms. The summed E-state index contributed by atoms with van der Waals surface area (Å²) in [6, 6.07) is 14.2. The summed E-state index contributed by atoms with van der Waals surface area (Å²) >= 11 is 12.0. The van der Waals surface area contributed by atoms with Crippen molar-refractivity contribution in [1.82, 2.24) is 4.90 Å². The van der Waals surface area contributed by atoms with Gasteiger partial charge in [0.1, 0.15) is 0 Å². The second-order valence-corrected chi connectivity index (χ2v) is 5.67. The Balaban J connectivity index is 2.49. The molecule has 0 N–H and O–H groups in total. The van der Waals surface area contributed by atoms with E-state index in [1.807, 2.05) is 31.1 Å². The van der Waals surface area contributed by atoms with Crippen LogP contribution in [-0.4, -0.2) is 24.8 Å². The van der Waals surface area contributed by atoms with E-state index in [2.05, 4.69) is 0 Å². The molecule has 0 spiro atoms. The Morgan fingerprint density at radius 3 is 2.19 bits per heavy atom. The van der Waals surface area contributed by atoms with Crippen LogP contribution >= 0.6 is 23.2 Å². The standard InChI is InChI=1S/C17H15Cl2NO/c1-20(2)11-15(12-7-9-13(18)10-8-12)17(21)14-5-3-4-6-16(14)19/h3-11H,1-2H3/b15-11+. The predicted molar refractivity (Wildman–Crippen MR) is 88.9 cm³/mol. The van der Waals surface area contributed by atoms with Gasteiger partial charge in [-0.2, -0.15) is 0 Å². The Morgan fingerprint density at radius 2 is 1.62 bits per heavy atom. The molecule has 0 fully saturated rings. The van der Waals surface area contributed by atoms with Gasteiger partial charge in [0.15, 0.2) is 5.78 Å². The molecule has 0 saturated carbocycles. The molecule has 2 nitrogen and oxygen atoms in total. The summed E-state index contributed by atoms with van der Waals surface area (Å²) in [5.41, 5.74) is 1.87. The van der Waals surface area contributed by atoms with E-state index in [1.165, 1.54) is 0 Å². The average molecular weight is 320 g/mol. The molecule has 108 valence electrons. The number of Topliss-reactive ketones (excluding diaryl/α,β-unsaturated/α-hetero) is 1. The third-order valence-electron chi connectivity index (χ3n) is 2.91. The van der Waals surface area contributed by atoms with Crippen LogP contribution in [0.1, 0.15) is 15.9 Å². The van der Waals surface area contributed by atoms with Gasteiger partial charge in [0, 0.05) is 36.5 Å². The smallest absolute Gasteiger partial charge is 0.196 e. The van der Waals surface area contributed by atoms with Gasteiger partial charge in [-0.05, 0) is 29.8 Å². The maximum absolute atomic E-state index is 12.8. The minimum Gasteiger partial charge on any atom is -0.383 e. The zero-order chi connectivity index (χ0) is 15.4. The quantitative estimate of drug-likeness (QED) is 0.597. The highest BCUT2D eigenvalue weighted by Gasteiger charge is 2.17. The SMILES string of the molecule is CN(C)/C=C(/C(=O)c1ccccc1Cl)c1ccc(Cl)cc1. The number of benzene rings is 2. The first-order chi connectivity index (χ1) is 9.99. The van der Waals surface area contributed by atoms with E-state index in [0.717, 1.165) is 5.56 Å². The molecule has 0 atom stereocenters. The number of carbonyl (C=O) groups excluding carboxylic acids is 1. The molecular weight excluding hydrogens is 305 g/mol. The highest BCUT2D eigenvalue weighted by Crippen LogP contribution is 2.25. The third kappa shape index (κ3) is 3.87. The summed E-state index contributed by atoms with van der Waals surface area (Å²) in [5.74, 6) is -0.114. The molecule has 0 aliphatic carbocycles. The summed E-state index contributed by atoms with van der Waals surface area (Å²) in [6.45, 7) is 0. The van der Waals surface area contributed by atoms with E-state index < -0.39 is 0 Å². The molecule has 0 radical (unpaired) electrons. The van der Waals surface area contributed by atoms with Gasteiger partial charge in [-0.1, -0.05) is 47.5 Å². The molecule has 0 aliphatic rings. The first kappa shape index (κ1) is 15.6. The number of rotatable bonds is 4. The fraction of sp³-hybridized carbons (Fsp3) is 0.118. The molecule has 0 unspecified atom stereocenters. The second kappa shape index (κ2) is 6.79. The van der Waals surface area contributed by atoms with Crippen molar-refractivity contribution in [3.05, 3.63) is 75.9 Å². The van der Waals surface area contributed by atoms with Crippen molar-refractivity contribution in [1.29, 1.82) is 0 Å². The lowest BCUT2D eigenvalue weighted by atomic mass is 9.97. The van der Waals surface area contributed by atoms with Gasteiger partial charge in [-0.15, -0.1) is 0 Å². The van der Waals surface area contributed by atoms with Crippen molar-refractivity contribution in [3.63, 3.8) is 0 Å². The summed E-state index contributed by atoms with van der Waals surface area (Å²) < 4.78 is 0. The van der Waals surface area contributed by atoms with Crippen LogP contribution in [-0.2, 0) is 0 Å². The fourth-order valence-electron chi connectivity index (χ4n) is 1.94. The van der Waals surface area contributed by atoms with Crippen LogP contribution in [0.25, 0.3) is 5.57 Å². The van der Waals surface area contributed by atoms with Crippen LogP contribution in [0, 0.1) is 0 Å². The number of carbonyl (C=O) groups is 1. The maximum Gasteiger partial charge on any atom is 0.196 e. The number of nitrogens with zero attached hydrogens (tertiary/aromatic N) is 1. The van der Waals surface area contributed by atoms with Crippen LogP contribution in [0.3, 0.4) is 0 Å². The monoisotopic (exact) mass is 319 g/mol. The predicted octanol–water partition coefficient (Wildman–Crippen LogP) is 4.78. The first-order valence-corrected chi connectivity index (χ1v) is 7.18. The average Bonchev–Trinajstić information content (AvgIpc) is 2.45. The molecule has 0 bridgehead atoms. The van der Waals surface area contributed by atoms with Crippen molar-refractivity contribution in [3.8, 4) is 0 Å². The highest BCUT2D eigenvalue weighted by atomic mass is 35.5. The molecule has 2 aromatic rings. The molecule has 0 saturated heterocycles. The van der Waals surface area contributed by atoms with Crippen LogP contribution in [0.4, 0.5) is 0 Å². The van der Waals surface area contributed by atoms with Crippen molar-refractivity contribution >= 4 is 34.6 Å². The van der Waals surface area contributed by atoms with Crippen molar-refractivity contribution in [2.75, 3.05) is 14.1 Å². The zero-order valence-corrected chi connectivity index (χ0v) is 13.3. The summed E-state index contributed by atoms with van der Waals surface area (Å²) in [4.78, 5) is 14.6. The van der Waals surface area contributed by atoms with Crippen LogP contribution < -0.4 is 0 Å². The van der Waals surface area contributed by atoms with Gasteiger partial charge in [0.25, 0.3) is 0 Å². The lowest BCUT2D eigenvalue weighted by Crippen LogP contribution is -2.09. The van der Waals surface area contributed by atoms with Gasteiger partial charge in [-0.3, -0.25) is 4.79 Å². The first-order valence-electron chi connectivity index (χ1n) is 6.42. The van der Waals surface area contributed by atoms with E-state index in [4.69, 9.17) is 23.2 Å². The van der Waals surface area contributed by atoms with Crippen molar-refractivity contribution < 1.29 is 4.79 Å². The van der Waals surface area contributed by atoms with Gasteiger partial charge < -0.3 is 4.90 Å². The van der Waals surface area contributed by atoms with Gasteiger partial charge in [-0.25, -0.2) is 0 Å². The van der Waals surface area contributed by atoms with E-state index in [0.29, 0.717) is 21.2 Å². The van der Waals surface area contributed by atoms with E-state index in [9.17, 15) is 4.79 Å². The molecule has 0 aromatic heterocycles. The number of halogens is 2. The van der Waals surface area contributed by atoms with Crippen LogP contribution in [0.5, 0.6) is 0 Å². The van der Waals surface area contributed by atoms with Crippen molar-refractivity contribution in [2.24, 2.45) is 0 Å². The summed E-state index contributed by atoms with van der Waals surface area (Å²) in [5, 5.41) is 1.08. The van der Waals surface area contributed by atoms with Gasteiger partial charge >= 0.3 is 0 Å². The molecule has 0 aliphatic heterocycles. The normalized spacial score (nSPS) is 11.3. The van der Waals surface area contributed by atoms with Crippen molar-refractivity contribution in [2.45, 2.75) is 0 Å². The molecule has 2 aromatic carbocycles. The van der Waals surface area contributed by atoms with Crippen LogP contribution in [0.15, 0.2) is 54.7 Å². The Morgan fingerprint density at radius 1 is 1.00 bits per heavy atom. The van der Waals surface area contributed by atoms with E-state index in [-0.39, 0.29) is 5.78 Å². The minimum atomic E-state index is -0.114. The molecule has 4 heteroatoms.